The highest BCUT2D eigenvalue weighted by Crippen LogP contribution is 2.06. The summed E-state index contributed by atoms with van der Waals surface area (Å²) < 4.78 is 0. The second kappa shape index (κ2) is 4.91. The molecular weight excluding hydrogens is 150 g/mol. The van der Waals surface area contributed by atoms with Gasteiger partial charge in [-0.3, -0.25) is 0 Å². The molecule has 0 radical (unpaired) electrons. The molecule has 0 heterocycles. The van der Waals surface area contributed by atoms with Crippen LogP contribution in [0.4, 0.5) is 0 Å². The molecule has 0 aliphatic rings. The van der Waals surface area contributed by atoms with Crippen LogP contribution in [0.2, 0.25) is 0 Å². The zero-order valence-corrected chi connectivity index (χ0v) is 7.11. The van der Waals surface area contributed by atoms with E-state index in [0.717, 1.165) is 6.42 Å². The van der Waals surface area contributed by atoms with Crippen molar-refractivity contribution in [2.24, 2.45) is 11.7 Å². The van der Waals surface area contributed by atoms with Gasteiger partial charge >= 0.3 is 0 Å². The Labute approximate surface area is 73.0 Å². The summed E-state index contributed by atoms with van der Waals surface area (Å²) >= 11 is 0. The lowest BCUT2D eigenvalue weighted by Crippen LogP contribution is -2.20. The maximum absolute atomic E-state index is 8.91. The summed E-state index contributed by atoms with van der Waals surface area (Å²) in [5.41, 5.74) is 6.71. The van der Waals surface area contributed by atoms with E-state index in [0.29, 0.717) is 6.54 Å². The number of rotatable bonds is 4. The molecule has 0 aliphatic carbocycles. The summed E-state index contributed by atoms with van der Waals surface area (Å²) in [6.45, 7) is 0.719. The summed E-state index contributed by atoms with van der Waals surface area (Å²) in [6.07, 6.45) is 0.869. The van der Waals surface area contributed by atoms with Crippen molar-refractivity contribution in [2.45, 2.75) is 6.42 Å². The fraction of sp³-hybridized carbons (Fsp3) is 0.400. The summed E-state index contributed by atoms with van der Waals surface area (Å²) in [7, 11) is 0. The van der Waals surface area contributed by atoms with Crippen molar-refractivity contribution in [3.05, 3.63) is 35.9 Å². The zero-order valence-electron chi connectivity index (χ0n) is 7.11. The molecule has 0 fully saturated rings. The summed E-state index contributed by atoms with van der Waals surface area (Å²) in [6, 6.07) is 10.1. The van der Waals surface area contributed by atoms with E-state index in [1.165, 1.54) is 5.56 Å². The predicted octanol–water partition coefficient (Wildman–Crippen LogP) is 0.796. The Hall–Kier alpha value is -0.860. The minimum absolute atomic E-state index is 0.172. The number of hydrogen-bond donors (Lipinski definition) is 2. The molecule has 12 heavy (non-hydrogen) atoms. The maximum Gasteiger partial charge on any atom is 0.0474 e. The predicted molar refractivity (Wildman–Crippen MR) is 49.8 cm³/mol. The molecule has 1 atom stereocenters. The van der Waals surface area contributed by atoms with Gasteiger partial charge in [0.2, 0.25) is 0 Å². The monoisotopic (exact) mass is 165 g/mol. The first-order valence-electron chi connectivity index (χ1n) is 4.21. The van der Waals surface area contributed by atoms with E-state index in [-0.39, 0.29) is 12.5 Å². The molecule has 0 spiro atoms. The van der Waals surface area contributed by atoms with Crippen molar-refractivity contribution in [2.75, 3.05) is 13.2 Å². The third-order valence-corrected chi connectivity index (χ3v) is 1.96. The van der Waals surface area contributed by atoms with E-state index in [1.54, 1.807) is 0 Å². The quantitative estimate of drug-likeness (QED) is 0.693. The van der Waals surface area contributed by atoms with E-state index < -0.39 is 0 Å². The Bertz CT molecular complexity index is 206. The number of aliphatic hydroxyl groups excluding tert-OH is 1. The molecule has 0 unspecified atom stereocenters. The molecule has 2 nitrogen and oxygen atoms in total. The molecule has 66 valence electrons. The van der Waals surface area contributed by atoms with E-state index in [9.17, 15) is 0 Å². The lowest BCUT2D eigenvalue weighted by atomic mass is 10.0. The lowest BCUT2D eigenvalue weighted by molar-refractivity contribution is 0.230. The van der Waals surface area contributed by atoms with Crippen molar-refractivity contribution in [1.29, 1.82) is 0 Å². The molecule has 0 bridgehead atoms. The number of hydrogen-bond acceptors (Lipinski definition) is 2. The average molecular weight is 165 g/mol. The van der Waals surface area contributed by atoms with Crippen LogP contribution in [-0.2, 0) is 6.42 Å². The molecule has 2 heteroatoms. The van der Waals surface area contributed by atoms with E-state index in [1.807, 2.05) is 18.2 Å². The smallest absolute Gasteiger partial charge is 0.0474 e. The summed E-state index contributed by atoms with van der Waals surface area (Å²) in [5, 5.41) is 8.91. The highest BCUT2D eigenvalue weighted by Gasteiger charge is 2.04. The van der Waals surface area contributed by atoms with Gasteiger partial charge in [0, 0.05) is 6.61 Å². The Morgan fingerprint density at radius 3 is 2.42 bits per heavy atom. The van der Waals surface area contributed by atoms with Crippen molar-refractivity contribution >= 4 is 0 Å². The third-order valence-electron chi connectivity index (χ3n) is 1.96. The normalized spacial score (nSPS) is 12.8. The van der Waals surface area contributed by atoms with Gasteiger partial charge in [0.05, 0.1) is 0 Å². The zero-order chi connectivity index (χ0) is 8.81. The summed E-state index contributed by atoms with van der Waals surface area (Å²) in [4.78, 5) is 0. The minimum Gasteiger partial charge on any atom is -0.396 e. The van der Waals surface area contributed by atoms with Gasteiger partial charge in [-0.2, -0.15) is 0 Å². The van der Waals surface area contributed by atoms with Crippen molar-refractivity contribution in [3.63, 3.8) is 0 Å². The third kappa shape index (κ3) is 2.64. The topological polar surface area (TPSA) is 46.2 Å². The first kappa shape index (κ1) is 9.23. The first-order valence-corrected chi connectivity index (χ1v) is 4.21. The Kier molecular flexibility index (Phi) is 3.77. The van der Waals surface area contributed by atoms with Crippen LogP contribution in [0.3, 0.4) is 0 Å². The number of aliphatic hydroxyl groups is 1. The Morgan fingerprint density at radius 2 is 1.92 bits per heavy atom. The van der Waals surface area contributed by atoms with Crippen LogP contribution in [-0.4, -0.2) is 18.3 Å². The van der Waals surface area contributed by atoms with E-state index in [4.69, 9.17) is 10.8 Å². The molecule has 0 aromatic heterocycles. The first-order chi connectivity index (χ1) is 5.86. The highest BCUT2D eigenvalue weighted by molar-refractivity contribution is 5.15. The maximum atomic E-state index is 8.91. The Balaban J connectivity index is 2.51. The van der Waals surface area contributed by atoms with E-state index in [2.05, 4.69) is 12.1 Å². The average Bonchev–Trinajstić information content (AvgIpc) is 2.16. The van der Waals surface area contributed by atoms with Crippen molar-refractivity contribution in [1.82, 2.24) is 0 Å². The SMILES string of the molecule is NC[C@@H](CO)Cc1ccccc1. The number of benzene rings is 1. The van der Waals surface area contributed by atoms with Crippen LogP contribution in [0.5, 0.6) is 0 Å². The molecule has 1 aromatic rings. The van der Waals surface area contributed by atoms with Gasteiger partial charge in [-0.05, 0) is 24.4 Å². The molecule has 0 saturated carbocycles. The van der Waals surface area contributed by atoms with Gasteiger partial charge < -0.3 is 10.8 Å². The second-order valence-corrected chi connectivity index (χ2v) is 2.97. The standard InChI is InChI=1S/C10H15NO/c11-7-10(8-12)6-9-4-2-1-3-5-9/h1-5,10,12H,6-8,11H2/t10-/m0/s1. The fourth-order valence-corrected chi connectivity index (χ4v) is 1.17. The minimum atomic E-state index is 0.172. The lowest BCUT2D eigenvalue weighted by Gasteiger charge is -2.10. The Morgan fingerprint density at radius 1 is 1.25 bits per heavy atom. The molecule has 3 N–H and O–H groups in total. The van der Waals surface area contributed by atoms with Gasteiger partial charge in [-0.1, -0.05) is 30.3 Å². The highest BCUT2D eigenvalue weighted by atomic mass is 16.3. The van der Waals surface area contributed by atoms with Crippen molar-refractivity contribution < 1.29 is 5.11 Å². The molecular formula is C10H15NO. The van der Waals surface area contributed by atoms with Gasteiger partial charge in [-0.15, -0.1) is 0 Å². The van der Waals surface area contributed by atoms with Gasteiger partial charge in [0.1, 0.15) is 0 Å². The van der Waals surface area contributed by atoms with Crippen LogP contribution in [0.25, 0.3) is 0 Å². The van der Waals surface area contributed by atoms with Crippen LogP contribution in [0.15, 0.2) is 30.3 Å². The molecule has 0 amide bonds. The van der Waals surface area contributed by atoms with Crippen LogP contribution in [0.1, 0.15) is 5.56 Å². The van der Waals surface area contributed by atoms with Gasteiger partial charge in [0.25, 0.3) is 0 Å². The second-order valence-electron chi connectivity index (χ2n) is 2.97. The fourth-order valence-electron chi connectivity index (χ4n) is 1.17. The molecule has 1 rings (SSSR count). The summed E-state index contributed by atoms with van der Waals surface area (Å²) in [5.74, 6) is 0.201. The van der Waals surface area contributed by atoms with Crippen LogP contribution < -0.4 is 5.73 Å². The molecule has 0 aliphatic heterocycles. The number of nitrogens with two attached hydrogens (primary N) is 1. The van der Waals surface area contributed by atoms with Crippen LogP contribution >= 0.6 is 0 Å². The largest absolute Gasteiger partial charge is 0.396 e. The van der Waals surface area contributed by atoms with Crippen molar-refractivity contribution in [3.8, 4) is 0 Å². The van der Waals surface area contributed by atoms with E-state index >= 15 is 0 Å². The van der Waals surface area contributed by atoms with Crippen LogP contribution in [0, 0.1) is 5.92 Å². The van der Waals surface area contributed by atoms with Gasteiger partial charge in [-0.25, -0.2) is 0 Å². The molecule has 1 aromatic carbocycles. The van der Waals surface area contributed by atoms with Gasteiger partial charge in [0.15, 0.2) is 0 Å². The molecule has 0 saturated heterocycles.